The van der Waals surface area contributed by atoms with E-state index < -0.39 is 0 Å². The molecule has 17 heavy (non-hydrogen) atoms. The van der Waals surface area contributed by atoms with E-state index in [1.54, 1.807) is 11.3 Å². The van der Waals surface area contributed by atoms with Gasteiger partial charge in [0, 0.05) is 18.0 Å². The quantitative estimate of drug-likeness (QED) is 0.751. The summed E-state index contributed by atoms with van der Waals surface area (Å²) in [5.74, 6) is 0.684. The monoisotopic (exact) mass is 249 g/mol. The number of Topliss-reactive ketones (excluding diaryl/α,β-unsaturated/α-hetero) is 1. The Kier molecular flexibility index (Phi) is 2.83. The number of aryl methyl sites for hydroxylation is 1. The van der Waals surface area contributed by atoms with Gasteiger partial charge in [-0.25, -0.2) is 0 Å². The lowest BCUT2D eigenvalue weighted by molar-refractivity contribution is 0.0770. The molecule has 0 radical (unpaired) electrons. The van der Waals surface area contributed by atoms with Crippen LogP contribution in [0.5, 0.6) is 0 Å². The van der Waals surface area contributed by atoms with Crippen LogP contribution >= 0.6 is 11.3 Å². The van der Waals surface area contributed by atoms with Crippen molar-refractivity contribution in [1.82, 2.24) is 4.90 Å². The van der Waals surface area contributed by atoms with E-state index in [4.69, 9.17) is 0 Å². The number of carbonyl (C=O) groups excluding carboxylic acids is 1. The zero-order chi connectivity index (χ0) is 12.0. The van der Waals surface area contributed by atoms with Gasteiger partial charge in [-0.3, -0.25) is 4.79 Å². The third-order valence-electron chi connectivity index (χ3n) is 4.55. The number of thiophene rings is 1. The molecule has 0 aromatic carbocycles. The van der Waals surface area contributed by atoms with Gasteiger partial charge >= 0.3 is 0 Å². The molecule has 3 heterocycles. The second-order valence-corrected chi connectivity index (χ2v) is 6.43. The highest BCUT2D eigenvalue weighted by atomic mass is 32.1. The van der Waals surface area contributed by atoms with Gasteiger partial charge < -0.3 is 4.90 Å². The molecule has 1 aromatic rings. The van der Waals surface area contributed by atoms with E-state index in [9.17, 15) is 4.79 Å². The van der Waals surface area contributed by atoms with E-state index in [2.05, 4.69) is 18.0 Å². The number of ketones is 1. The largest absolute Gasteiger partial charge is 0.300 e. The summed E-state index contributed by atoms with van der Waals surface area (Å²) in [6, 6.07) is 3.37. The molecule has 0 spiro atoms. The minimum atomic E-state index is 0.279. The molecule has 0 aliphatic carbocycles. The summed E-state index contributed by atoms with van der Waals surface area (Å²) in [4.78, 5) is 16.0. The van der Waals surface area contributed by atoms with E-state index in [1.807, 2.05) is 12.3 Å². The summed E-state index contributed by atoms with van der Waals surface area (Å²) in [5.41, 5.74) is 1.16. The predicted octanol–water partition coefficient (Wildman–Crippen LogP) is 3.11. The lowest BCUT2D eigenvalue weighted by atomic mass is 9.86. The van der Waals surface area contributed by atoms with E-state index in [-0.39, 0.29) is 5.92 Å². The summed E-state index contributed by atoms with van der Waals surface area (Å²) >= 11 is 1.61. The Morgan fingerprint density at radius 1 is 1.35 bits per heavy atom. The maximum absolute atomic E-state index is 12.5. The van der Waals surface area contributed by atoms with Crippen LogP contribution in [0.3, 0.4) is 0 Å². The Morgan fingerprint density at radius 3 is 2.53 bits per heavy atom. The predicted molar refractivity (Wildman–Crippen MR) is 70.7 cm³/mol. The summed E-state index contributed by atoms with van der Waals surface area (Å²) < 4.78 is 0. The molecule has 3 heteroatoms. The van der Waals surface area contributed by atoms with Crippen molar-refractivity contribution in [3.63, 3.8) is 0 Å². The van der Waals surface area contributed by atoms with E-state index in [1.165, 1.54) is 12.8 Å². The van der Waals surface area contributed by atoms with Gasteiger partial charge in [0.05, 0.1) is 4.88 Å². The molecule has 2 nitrogen and oxygen atoms in total. The van der Waals surface area contributed by atoms with Crippen LogP contribution in [0.4, 0.5) is 0 Å². The molecule has 2 bridgehead atoms. The average molecular weight is 249 g/mol. The Labute approximate surface area is 107 Å². The first-order valence-corrected chi connectivity index (χ1v) is 7.35. The topological polar surface area (TPSA) is 20.3 Å². The summed E-state index contributed by atoms with van der Waals surface area (Å²) in [6.07, 6.45) is 4.72. The van der Waals surface area contributed by atoms with Crippen LogP contribution in [0.15, 0.2) is 11.4 Å². The lowest BCUT2D eigenvalue weighted by Gasteiger charge is -2.35. The number of nitrogens with zero attached hydrogens (tertiary/aromatic N) is 1. The highest BCUT2D eigenvalue weighted by molar-refractivity contribution is 7.12. The second-order valence-electron chi connectivity index (χ2n) is 5.52. The summed E-state index contributed by atoms with van der Waals surface area (Å²) in [6.45, 7) is 2.05. The van der Waals surface area contributed by atoms with Crippen LogP contribution in [0.2, 0.25) is 0 Å². The van der Waals surface area contributed by atoms with Crippen LogP contribution in [0.25, 0.3) is 0 Å². The van der Waals surface area contributed by atoms with Gasteiger partial charge in [0.1, 0.15) is 0 Å². The molecule has 2 aliphatic rings. The van der Waals surface area contributed by atoms with Gasteiger partial charge in [-0.05, 0) is 56.7 Å². The van der Waals surface area contributed by atoms with Crippen LogP contribution in [-0.2, 0) is 0 Å². The van der Waals surface area contributed by atoms with Crippen LogP contribution < -0.4 is 0 Å². The smallest absolute Gasteiger partial charge is 0.176 e. The first kappa shape index (κ1) is 11.4. The third-order valence-corrected chi connectivity index (χ3v) is 5.59. The van der Waals surface area contributed by atoms with Gasteiger partial charge in [0.2, 0.25) is 0 Å². The molecule has 2 atom stereocenters. The molecule has 92 valence electrons. The molecule has 0 N–H and O–H groups in total. The zero-order valence-corrected chi connectivity index (χ0v) is 11.3. The van der Waals surface area contributed by atoms with Gasteiger partial charge in [-0.15, -0.1) is 11.3 Å². The van der Waals surface area contributed by atoms with Gasteiger partial charge in [0.25, 0.3) is 0 Å². The van der Waals surface area contributed by atoms with Gasteiger partial charge in [0.15, 0.2) is 5.78 Å². The minimum absolute atomic E-state index is 0.279. The average Bonchev–Trinajstić information content (AvgIpc) is 2.79. The van der Waals surface area contributed by atoms with Crippen molar-refractivity contribution in [2.24, 2.45) is 5.92 Å². The summed E-state index contributed by atoms with van der Waals surface area (Å²) in [5, 5.41) is 2.03. The fourth-order valence-electron chi connectivity index (χ4n) is 3.44. The minimum Gasteiger partial charge on any atom is -0.300 e. The molecular weight excluding hydrogens is 230 g/mol. The first-order chi connectivity index (χ1) is 8.16. The normalized spacial score (nSPS) is 32.9. The fraction of sp³-hybridized carbons (Fsp3) is 0.643. The van der Waals surface area contributed by atoms with Gasteiger partial charge in [-0.2, -0.15) is 0 Å². The summed E-state index contributed by atoms with van der Waals surface area (Å²) in [7, 11) is 2.22. The SMILES string of the molecule is Cc1ccsc1C(=O)C1CC2CCC(C1)N2C. The maximum Gasteiger partial charge on any atom is 0.176 e. The Balaban J connectivity index is 1.79. The number of carbonyl (C=O) groups is 1. The van der Waals surface area contributed by atoms with Crippen LogP contribution in [0, 0.1) is 12.8 Å². The molecule has 1 aromatic heterocycles. The fourth-order valence-corrected chi connectivity index (χ4v) is 4.38. The lowest BCUT2D eigenvalue weighted by Crippen LogP contribution is -2.42. The van der Waals surface area contributed by atoms with Crippen molar-refractivity contribution in [2.75, 3.05) is 7.05 Å². The van der Waals surface area contributed by atoms with E-state index >= 15 is 0 Å². The number of hydrogen-bond donors (Lipinski definition) is 0. The first-order valence-electron chi connectivity index (χ1n) is 6.47. The number of fused-ring (bicyclic) bond motifs is 2. The zero-order valence-electron chi connectivity index (χ0n) is 10.5. The molecule has 3 rings (SSSR count). The van der Waals surface area contributed by atoms with Crippen molar-refractivity contribution in [3.05, 3.63) is 21.9 Å². The number of rotatable bonds is 2. The number of piperidine rings is 1. The molecule has 2 unspecified atom stereocenters. The highest BCUT2D eigenvalue weighted by Gasteiger charge is 2.41. The molecule has 0 amide bonds. The van der Waals surface area contributed by atoms with Gasteiger partial charge in [-0.1, -0.05) is 0 Å². The third kappa shape index (κ3) is 1.85. The molecular formula is C14H19NOS. The van der Waals surface area contributed by atoms with Crippen LogP contribution in [0.1, 0.15) is 40.9 Å². The molecule has 0 saturated carbocycles. The molecule has 2 aliphatic heterocycles. The Bertz CT molecular complexity index is 425. The second kappa shape index (κ2) is 4.21. The van der Waals surface area contributed by atoms with Crippen molar-refractivity contribution in [2.45, 2.75) is 44.7 Å². The van der Waals surface area contributed by atoms with Crippen molar-refractivity contribution in [1.29, 1.82) is 0 Å². The standard InChI is InChI=1S/C14H19NOS/c1-9-5-6-17-14(9)13(16)10-7-11-3-4-12(8-10)15(11)2/h5-6,10-12H,3-4,7-8H2,1-2H3. The molecule has 2 saturated heterocycles. The Hall–Kier alpha value is -0.670. The van der Waals surface area contributed by atoms with Crippen molar-refractivity contribution < 1.29 is 4.79 Å². The Morgan fingerprint density at radius 2 is 2.00 bits per heavy atom. The van der Waals surface area contributed by atoms with Crippen molar-refractivity contribution >= 4 is 17.1 Å². The highest BCUT2D eigenvalue weighted by Crippen LogP contribution is 2.39. The molecule has 2 fully saturated rings. The van der Waals surface area contributed by atoms with E-state index in [0.717, 1.165) is 23.3 Å². The number of hydrogen-bond acceptors (Lipinski definition) is 3. The maximum atomic E-state index is 12.5. The van der Waals surface area contributed by atoms with Crippen LogP contribution in [-0.4, -0.2) is 29.8 Å². The van der Waals surface area contributed by atoms with Crippen molar-refractivity contribution in [3.8, 4) is 0 Å². The van der Waals surface area contributed by atoms with E-state index in [0.29, 0.717) is 17.9 Å².